The zero-order valence-corrected chi connectivity index (χ0v) is 20.6. The molecule has 0 radical (unpaired) electrons. The molecule has 0 saturated carbocycles. The van der Waals surface area contributed by atoms with Gasteiger partial charge in [-0.05, 0) is 78.8 Å². The molecule has 36 heavy (non-hydrogen) atoms. The van der Waals surface area contributed by atoms with E-state index in [0.717, 1.165) is 34.2 Å². The van der Waals surface area contributed by atoms with Gasteiger partial charge in [-0.3, -0.25) is 14.5 Å². The van der Waals surface area contributed by atoms with Crippen molar-refractivity contribution in [3.63, 3.8) is 0 Å². The summed E-state index contributed by atoms with van der Waals surface area (Å²) in [6, 6.07) is 22.6. The van der Waals surface area contributed by atoms with Crippen LogP contribution in [0.4, 0.5) is 10.5 Å². The van der Waals surface area contributed by atoms with Gasteiger partial charge in [-0.15, -0.1) is 0 Å². The summed E-state index contributed by atoms with van der Waals surface area (Å²) in [6.45, 7) is 4.19. The Hall–Kier alpha value is -4.19. The minimum Gasteiger partial charge on any atom is -0.445 e. The van der Waals surface area contributed by atoms with Crippen LogP contribution in [0.5, 0.6) is 0 Å². The van der Waals surface area contributed by atoms with Crippen LogP contribution in [-0.4, -0.2) is 35.3 Å². The number of benzene rings is 3. The fourth-order valence-corrected chi connectivity index (χ4v) is 4.27. The first-order valence-electron chi connectivity index (χ1n) is 12.1. The normalized spacial score (nSPS) is 15.2. The van der Waals surface area contributed by atoms with E-state index in [9.17, 15) is 14.4 Å². The van der Waals surface area contributed by atoms with E-state index in [2.05, 4.69) is 5.32 Å². The van der Waals surface area contributed by atoms with Crippen molar-refractivity contribution in [2.24, 2.45) is 0 Å². The summed E-state index contributed by atoms with van der Waals surface area (Å²) < 4.78 is 5.46. The van der Waals surface area contributed by atoms with Crippen LogP contribution in [0.3, 0.4) is 0 Å². The number of rotatable bonds is 7. The molecule has 4 rings (SSSR count). The van der Waals surface area contributed by atoms with Crippen molar-refractivity contribution >= 4 is 29.5 Å². The van der Waals surface area contributed by atoms with Crippen LogP contribution < -0.4 is 5.32 Å². The standard InChI is InChI=1S/C30H30N2O4/c1-21-13-15-26(18-24(21)16-14-22(2)33)25-10-6-11-27(19-25)31-29(34)28-12-7-17-32(28)30(35)36-20-23-8-4-3-5-9-23/h3-6,8-11,13-16,18-19,28H,7,12,17,20H2,1-2H3,(H,31,34)/b16-14-/t28-/m0/s1. The Bertz CT molecular complexity index is 1280. The van der Waals surface area contributed by atoms with Crippen LogP contribution >= 0.6 is 0 Å². The summed E-state index contributed by atoms with van der Waals surface area (Å²) in [5.41, 5.74) is 5.51. The Labute approximate surface area is 211 Å². The summed E-state index contributed by atoms with van der Waals surface area (Å²) >= 11 is 0. The first kappa shape index (κ1) is 24.9. The fraction of sp³-hybridized carbons (Fsp3) is 0.233. The second-order valence-electron chi connectivity index (χ2n) is 8.98. The molecule has 1 fully saturated rings. The van der Waals surface area contributed by atoms with Crippen LogP contribution in [0.1, 0.15) is 36.5 Å². The topological polar surface area (TPSA) is 75.7 Å². The molecule has 1 atom stereocenters. The molecule has 0 spiro atoms. The second kappa shape index (κ2) is 11.5. The van der Waals surface area contributed by atoms with Crippen LogP contribution in [0, 0.1) is 6.92 Å². The number of hydrogen-bond donors (Lipinski definition) is 1. The number of allylic oxidation sites excluding steroid dienone is 1. The highest BCUT2D eigenvalue weighted by Crippen LogP contribution is 2.27. The average molecular weight is 483 g/mol. The van der Waals surface area contributed by atoms with E-state index in [0.29, 0.717) is 18.7 Å². The van der Waals surface area contributed by atoms with E-state index in [-0.39, 0.29) is 18.3 Å². The minimum atomic E-state index is -0.570. The summed E-state index contributed by atoms with van der Waals surface area (Å²) in [5, 5.41) is 2.97. The Morgan fingerprint density at radius 1 is 1.00 bits per heavy atom. The van der Waals surface area contributed by atoms with Gasteiger partial charge in [0.25, 0.3) is 0 Å². The molecular formula is C30H30N2O4. The molecule has 6 nitrogen and oxygen atoms in total. The van der Waals surface area contributed by atoms with Crippen molar-refractivity contribution in [2.75, 3.05) is 11.9 Å². The maximum atomic E-state index is 13.1. The van der Waals surface area contributed by atoms with Crippen LogP contribution in [0.15, 0.2) is 78.9 Å². The third kappa shape index (κ3) is 6.27. The molecular weight excluding hydrogens is 452 g/mol. The molecule has 0 unspecified atom stereocenters. The highest BCUT2D eigenvalue weighted by Gasteiger charge is 2.35. The molecule has 2 amide bonds. The smallest absolute Gasteiger partial charge is 0.410 e. The molecule has 1 N–H and O–H groups in total. The van der Waals surface area contributed by atoms with Gasteiger partial charge in [-0.25, -0.2) is 4.79 Å². The van der Waals surface area contributed by atoms with Crippen LogP contribution in [-0.2, 0) is 20.9 Å². The molecule has 6 heteroatoms. The Balaban J connectivity index is 1.43. The molecule has 0 bridgehead atoms. The minimum absolute atomic E-state index is 0.00517. The van der Waals surface area contributed by atoms with Crippen molar-refractivity contribution < 1.29 is 19.1 Å². The average Bonchev–Trinajstić information content (AvgIpc) is 3.38. The summed E-state index contributed by atoms with van der Waals surface area (Å²) in [4.78, 5) is 38.6. The molecule has 3 aromatic carbocycles. The number of carbonyl (C=O) groups excluding carboxylic acids is 3. The predicted molar refractivity (Wildman–Crippen MR) is 141 cm³/mol. The lowest BCUT2D eigenvalue weighted by molar-refractivity contribution is -0.120. The van der Waals surface area contributed by atoms with E-state index < -0.39 is 12.1 Å². The van der Waals surface area contributed by atoms with E-state index in [4.69, 9.17) is 4.74 Å². The molecule has 1 saturated heterocycles. The zero-order valence-electron chi connectivity index (χ0n) is 20.6. The van der Waals surface area contributed by atoms with Crippen LogP contribution in [0.25, 0.3) is 17.2 Å². The van der Waals surface area contributed by atoms with E-state index in [1.54, 1.807) is 6.08 Å². The molecule has 1 aliphatic rings. The van der Waals surface area contributed by atoms with Gasteiger partial charge in [0.05, 0.1) is 0 Å². The number of ketones is 1. The molecule has 0 aromatic heterocycles. The number of hydrogen-bond acceptors (Lipinski definition) is 4. The van der Waals surface area contributed by atoms with Gasteiger partial charge in [-0.2, -0.15) is 0 Å². The number of aryl methyl sites for hydroxylation is 1. The number of amides is 2. The second-order valence-corrected chi connectivity index (χ2v) is 8.98. The van der Waals surface area contributed by atoms with Gasteiger partial charge in [0.2, 0.25) is 5.91 Å². The lowest BCUT2D eigenvalue weighted by Crippen LogP contribution is -2.43. The lowest BCUT2D eigenvalue weighted by atomic mass is 9.99. The predicted octanol–water partition coefficient (Wildman–Crippen LogP) is 6.00. The molecule has 1 aliphatic heterocycles. The summed E-state index contributed by atoms with van der Waals surface area (Å²) in [7, 11) is 0. The Morgan fingerprint density at radius 2 is 1.78 bits per heavy atom. The third-order valence-corrected chi connectivity index (χ3v) is 6.24. The largest absolute Gasteiger partial charge is 0.445 e. The Morgan fingerprint density at radius 3 is 2.56 bits per heavy atom. The molecule has 1 heterocycles. The van der Waals surface area contributed by atoms with Crippen molar-refractivity contribution in [3.8, 4) is 11.1 Å². The number of ether oxygens (including phenoxy) is 1. The van der Waals surface area contributed by atoms with Gasteiger partial charge in [-0.1, -0.05) is 60.7 Å². The quantitative estimate of drug-likeness (QED) is 0.419. The van der Waals surface area contributed by atoms with E-state index in [1.807, 2.05) is 85.8 Å². The number of carbonyl (C=O) groups is 3. The lowest BCUT2D eigenvalue weighted by Gasteiger charge is -2.23. The van der Waals surface area contributed by atoms with Crippen molar-refractivity contribution in [1.29, 1.82) is 0 Å². The van der Waals surface area contributed by atoms with E-state index >= 15 is 0 Å². The zero-order chi connectivity index (χ0) is 25.5. The highest BCUT2D eigenvalue weighted by molar-refractivity contribution is 5.97. The van der Waals surface area contributed by atoms with Crippen molar-refractivity contribution in [2.45, 2.75) is 39.3 Å². The number of nitrogens with one attached hydrogen (secondary N) is 1. The van der Waals surface area contributed by atoms with Gasteiger partial charge in [0.1, 0.15) is 12.6 Å². The number of likely N-dealkylation sites (tertiary alicyclic amines) is 1. The molecule has 184 valence electrons. The van der Waals surface area contributed by atoms with Crippen LogP contribution in [0.2, 0.25) is 0 Å². The van der Waals surface area contributed by atoms with E-state index in [1.165, 1.54) is 11.8 Å². The Kier molecular flexibility index (Phi) is 7.95. The van der Waals surface area contributed by atoms with Gasteiger partial charge in [0, 0.05) is 12.2 Å². The molecule has 0 aliphatic carbocycles. The van der Waals surface area contributed by atoms with Crippen molar-refractivity contribution in [3.05, 3.63) is 95.6 Å². The maximum Gasteiger partial charge on any atom is 0.410 e. The fourth-order valence-electron chi connectivity index (χ4n) is 4.27. The van der Waals surface area contributed by atoms with Gasteiger partial charge in [0.15, 0.2) is 5.78 Å². The maximum absolute atomic E-state index is 13.1. The van der Waals surface area contributed by atoms with Gasteiger partial charge >= 0.3 is 6.09 Å². The number of anilines is 1. The highest BCUT2D eigenvalue weighted by atomic mass is 16.6. The first-order chi connectivity index (χ1) is 17.4. The first-order valence-corrected chi connectivity index (χ1v) is 12.1. The summed E-state index contributed by atoms with van der Waals surface area (Å²) in [6.07, 6.45) is 4.24. The molecule has 3 aromatic rings. The van der Waals surface area contributed by atoms with Gasteiger partial charge < -0.3 is 10.1 Å². The van der Waals surface area contributed by atoms with Crippen molar-refractivity contribution in [1.82, 2.24) is 4.90 Å². The number of nitrogens with zero attached hydrogens (tertiary/aromatic N) is 1. The monoisotopic (exact) mass is 482 g/mol. The third-order valence-electron chi connectivity index (χ3n) is 6.24. The summed E-state index contributed by atoms with van der Waals surface area (Å²) in [5.74, 6) is -0.232. The SMILES string of the molecule is CC(=O)/C=C\c1cc(-c2cccc(NC(=O)[C@@H]3CCCN3C(=O)OCc3ccccc3)c2)ccc1C.